The summed E-state index contributed by atoms with van der Waals surface area (Å²) in [5.41, 5.74) is 1.43. The molecule has 0 saturated carbocycles. The largest absolute Gasteiger partial charge is 0.445 e. The number of amides is 2. The van der Waals surface area contributed by atoms with E-state index in [9.17, 15) is 14.4 Å². The normalized spacial score (nSPS) is 17.0. The molecule has 2 atom stereocenters. The summed E-state index contributed by atoms with van der Waals surface area (Å²) < 4.78 is 5.35. The van der Waals surface area contributed by atoms with Crippen molar-refractivity contribution in [2.24, 2.45) is 0 Å². The summed E-state index contributed by atoms with van der Waals surface area (Å²) in [7, 11) is 0. The molecule has 0 aliphatic carbocycles. The zero-order valence-corrected chi connectivity index (χ0v) is 15.8. The standard InChI is InChI=1S/C22H24N2O4/c1-16(20(25)18-11-6-3-7-12-18)23-21(26)19-13-8-14-24(19)22(27)28-15-17-9-4-2-5-10-17/h2-7,9-12,16,19H,8,13-15H2,1H3,(H,23,26)/t16?,19-/m0/s1. The van der Waals surface area contributed by atoms with Gasteiger partial charge in [0.2, 0.25) is 5.91 Å². The van der Waals surface area contributed by atoms with Crippen LogP contribution in [-0.4, -0.2) is 41.3 Å². The van der Waals surface area contributed by atoms with Crippen LogP contribution in [0, 0.1) is 0 Å². The SMILES string of the molecule is CC(NC(=O)[C@@H]1CCCN1C(=O)OCc1ccccc1)C(=O)c1ccccc1. The van der Waals surface area contributed by atoms with E-state index >= 15 is 0 Å². The van der Waals surface area contributed by atoms with Crippen LogP contribution in [0.5, 0.6) is 0 Å². The van der Waals surface area contributed by atoms with Gasteiger partial charge in [0.1, 0.15) is 12.6 Å². The Labute approximate surface area is 164 Å². The van der Waals surface area contributed by atoms with Gasteiger partial charge < -0.3 is 10.1 Å². The Balaban J connectivity index is 1.56. The number of ether oxygens (including phenoxy) is 1. The maximum absolute atomic E-state index is 12.7. The highest BCUT2D eigenvalue weighted by Crippen LogP contribution is 2.19. The minimum absolute atomic E-state index is 0.160. The Morgan fingerprint density at radius 1 is 1.07 bits per heavy atom. The van der Waals surface area contributed by atoms with Gasteiger partial charge in [-0.3, -0.25) is 14.5 Å². The highest BCUT2D eigenvalue weighted by molar-refractivity contribution is 6.02. The number of carbonyl (C=O) groups is 3. The van der Waals surface area contributed by atoms with Crippen LogP contribution >= 0.6 is 0 Å². The summed E-state index contributed by atoms with van der Waals surface area (Å²) >= 11 is 0. The van der Waals surface area contributed by atoms with Crippen LogP contribution in [0.1, 0.15) is 35.7 Å². The van der Waals surface area contributed by atoms with Crippen molar-refractivity contribution in [2.75, 3.05) is 6.54 Å². The van der Waals surface area contributed by atoms with Gasteiger partial charge >= 0.3 is 6.09 Å². The summed E-state index contributed by atoms with van der Waals surface area (Å²) in [6.45, 7) is 2.28. The van der Waals surface area contributed by atoms with E-state index in [1.165, 1.54) is 4.90 Å². The number of carbonyl (C=O) groups excluding carboxylic acids is 3. The third kappa shape index (κ3) is 4.76. The number of nitrogens with one attached hydrogen (secondary N) is 1. The van der Waals surface area contributed by atoms with Crippen molar-refractivity contribution in [2.45, 2.75) is 38.5 Å². The van der Waals surface area contributed by atoms with Gasteiger partial charge in [0.25, 0.3) is 0 Å². The first-order valence-electron chi connectivity index (χ1n) is 9.43. The Morgan fingerprint density at radius 2 is 1.71 bits per heavy atom. The fourth-order valence-electron chi connectivity index (χ4n) is 3.29. The molecule has 1 aliphatic heterocycles. The molecule has 1 aliphatic rings. The molecular formula is C22H24N2O4. The zero-order valence-electron chi connectivity index (χ0n) is 15.8. The number of hydrogen-bond acceptors (Lipinski definition) is 4. The molecule has 2 aromatic carbocycles. The first kappa shape index (κ1) is 19.6. The lowest BCUT2D eigenvalue weighted by Crippen LogP contribution is -2.50. The molecule has 1 fully saturated rings. The maximum Gasteiger partial charge on any atom is 0.410 e. The summed E-state index contributed by atoms with van der Waals surface area (Å²) in [6, 6.07) is 16.9. The molecule has 1 saturated heterocycles. The lowest BCUT2D eigenvalue weighted by Gasteiger charge is -2.24. The minimum Gasteiger partial charge on any atom is -0.445 e. The van der Waals surface area contributed by atoms with Crippen LogP contribution in [0.3, 0.4) is 0 Å². The summed E-state index contributed by atoms with van der Waals surface area (Å²) in [5.74, 6) is -0.490. The quantitative estimate of drug-likeness (QED) is 0.781. The molecule has 0 spiro atoms. The van der Waals surface area contributed by atoms with Gasteiger partial charge in [-0.15, -0.1) is 0 Å². The topological polar surface area (TPSA) is 75.7 Å². The van der Waals surface area contributed by atoms with Crippen molar-refractivity contribution in [3.05, 3.63) is 71.8 Å². The van der Waals surface area contributed by atoms with Gasteiger partial charge in [-0.1, -0.05) is 60.7 Å². The van der Waals surface area contributed by atoms with Gasteiger partial charge in [0, 0.05) is 12.1 Å². The van der Waals surface area contributed by atoms with Gasteiger partial charge in [0.15, 0.2) is 5.78 Å². The predicted octanol–water partition coefficient (Wildman–Crippen LogP) is 3.18. The number of Topliss-reactive ketones (excluding diaryl/α,β-unsaturated/α-hetero) is 1. The van der Waals surface area contributed by atoms with Crippen molar-refractivity contribution in [1.29, 1.82) is 0 Å². The van der Waals surface area contributed by atoms with Crippen LogP contribution in [-0.2, 0) is 16.1 Å². The van der Waals surface area contributed by atoms with E-state index in [4.69, 9.17) is 4.74 Å². The Hall–Kier alpha value is -3.15. The summed E-state index contributed by atoms with van der Waals surface area (Å²) in [5, 5.41) is 2.74. The van der Waals surface area contributed by atoms with E-state index in [1.807, 2.05) is 36.4 Å². The van der Waals surface area contributed by atoms with Gasteiger partial charge in [-0.05, 0) is 25.3 Å². The second-order valence-electron chi connectivity index (χ2n) is 6.85. The molecule has 1 unspecified atom stereocenters. The number of benzene rings is 2. The van der Waals surface area contributed by atoms with Crippen molar-refractivity contribution in [3.63, 3.8) is 0 Å². The Morgan fingerprint density at radius 3 is 2.39 bits per heavy atom. The number of hydrogen-bond donors (Lipinski definition) is 1. The molecular weight excluding hydrogens is 356 g/mol. The summed E-state index contributed by atoms with van der Waals surface area (Å²) in [6.07, 6.45) is 0.765. The minimum atomic E-state index is -0.669. The van der Waals surface area contributed by atoms with E-state index in [2.05, 4.69) is 5.32 Å². The first-order chi connectivity index (χ1) is 13.6. The van der Waals surface area contributed by atoms with Crippen LogP contribution < -0.4 is 5.32 Å². The van der Waals surface area contributed by atoms with E-state index in [0.717, 1.165) is 12.0 Å². The third-order valence-corrected chi connectivity index (χ3v) is 4.81. The van der Waals surface area contributed by atoms with Crippen LogP contribution in [0.4, 0.5) is 4.79 Å². The number of rotatable bonds is 6. The molecule has 1 N–H and O–H groups in total. The van der Waals surface area contributed by atoms with Crippen molar-refractivity contribution < 1.29 is 19.1 Å². The van der Waals surface area contributed by atoms with E-state index in [-0.39, 0.29) is 18.3 Å². The first-order valence-corrected chi connectivity index (χ1v) is 9.43. The molecule has 2 aromatic rings. The lowest BCUT2D eigenvalue weighted by atomic mass is 10.0. The number of likely N-dealkylation sites (tertiary alicyclic amines) is 1. The lowest BCUT2D eigenvalue weighted by molar-refractivity contribution is -0.125. The second kappa shape index (κ2) is 9.17. The fraction of sp³-hybridized carbons (Fsp3) is 0.318. The average Bonchev–Trinajstić information content (AvgIpc) is 3.23. The van der Waals surface area contributed by atoms with Gasteiger partial charge in [-0.25, -0.2) is 4.79 Å². The van der Waals surface area contributed by atoms with Crippen molar-refractivity contribution in [1.82, 2.24) is 10.2 Å². The summed E-state index contributed by atoms with van der Waals surface area (Å²) in [4.78, 5) is 39.0. The van der Waals surface area contributed by atoms with Crippen LogP contribution in [0.25, 0.3) is 0 Å². The highest BCUT2D eigenvalue weighted by Gasteiger charge is 2.36. The number of nitrogens with zero attached hydrogens (tertiary/aromatic N) is 1. The molecule has 28 heavy (non-hydrogen) atoms. The molecule has 0 bridgehead atoms. The monoisotopic (exact) mass is 380 g/mol. The highest BCUT2D eigenvalue weighted by atomic mass is 16.6. The van der Waals surface area contributed by atoms with Crippen LogP contribution in [0.2, 0.25) is 0 Å². The molecule has 3 rings (SSSR count). The average molecular weight is 380 g/mol. The molecule has 6 heteroatoms. The molecule has 2 amide bonds. The molecule has 1 heterocycles. The molecule has 0 radical (unpaired) electrons. The molecule has 0 aromatic heterocycles. The van der Waals surface area contributed by atoms with E-state index in [0.29, 0.717) is 18.5 Å². The van der Waals surface area contributed by atoms with Gasteiger partial charge in [-0.2, -0.15) is 0 Å². The Kier molecular flexibility index (Phi) is 6.42. The second-order valence-corrected chi connectivity index (χ2v) is 6.85. The fourth-order valence-corrected chi connectivity index (χ4v) is 3.29. The zero-order chi connectivity index (χ0) is 19.9. The van der Waals surface area contributed by atoms with Crippen molar-refractivity contribution >= 4 is 17.8 Å². The van der Waals surface area contributed by atoms with Crippen molar-refractivity contribution in [3.8, 4) is 0 Å². The Bertz CT molecular complexity index is 823. The number of ketones is 1. The molecule has 146 valence electrons. The molecule has 6 nitrogen and oxygen atoms in total. The van der Waals surface area contributed by atoms with E-state index < -0.39 is 18.2 Å². The van der Waals surface area contributed by atoms with Crippen LogP contribution in [0.15, 0.2) is 60.7 Å². The van der Waals surface area contributed by atoms with E-state index in [1.54, 1.807) is 31.2 Å². The third-order valence-electron chi connectivity index (χ3n) is 4.81. The smallest absolute Gasteiger partial charge is 0.410 e. The predicted molar refractivity (Wildman–Crippen MR) is 105 cm³/mol. The van der Waals surface area contributed by atoms with Gasteiger partial charge in [0.05, 0.1) is 6.04 Å². The maximum atomic E-state index is 12.7.